The van der Waals surface area contributed by atoms with E-state index in [2.05, 4.69) is 15.3 Å². The Morgan fingerprint density at radius 2 is 1.84 bits per heavy atom. The molecule has 0 spiro atoms. The Hall–Kier alpha value is -2.63. The van der Waals surface area contributed by atoms with E-state index in [1.54, 1.807) is 31.3 Å². The molecule has 2 aromatic carbocycles. The van der Waals surface area contributed by atoms with Crippen LogP contribution in [0.2, 0.25) is 10.0 Å². The van der Waals surface area contributed by atoms with Crippen LogP contribution >= 0.6 is 23.2 Å². The van der Waals surface area contributed by atoms with Crippen LogP contribution in [0.25, 0.3) is 0 Å². The average Bonchev–Trinajstić information content (AvgIpc) is 2.64. The first kappa shape index (κ1) is 17.2. The summed E-state index contributed by atoms with van der Waals surface area (Å²) in [4.78, 5) is 22.6. The number of aromatic nitrogens is 2. The van der Waals surface area contributed by atoms with Gasteiger partial charge in [0.05, 0.1) is 10.7 Å². The summed E-state index contributed by atoms with van der Waals surface area (Å²) in [7, 11) is 1.70. The number of carbonyl (C=O) groups is 1. The van der Waals surface area contributed by atoms with E-state index in [9.17, 15) is 4.79 Å². The van der Waals surface area contributed by atoms with Crippen LogP contribution in [0.3, 0.4) is 0 Å². The van der Waals surface area contributed by atoms with E-state index in [0.717, 1.165) is 5.69 Å². The molecule has 1 heterocycles. The van der Waals surface area contributed by atoms with Crippen LogP contribution in [0.4, 0.5) is 17.3 Å². The molecule has 7 heteroatoms. The largest absolute Gasteiger partial charge is 0.323 e. The Labute approximate surface area is 155 Å². The predicted molar refractivity (Wildman–Crippen MR) is 101 cm³/mol. The fourth-order valence-electron chi connectivity index (χ4n) is 2.19. The number of benzene rings is 2. The number of para-hydroxylation sites is 1. The van der Waals surface area contributed by atoms with Crippen LogP contribution in [-0.4, -0.2) is 22.9 Å². The van der Waals surface area contributed by atoms with E-state index >= 15 is 0 Å². The lowest BCUT2D eigenvalue weighted by atomic mass is 10.2. The number of nitrogens with zero attached hydrogens (tertiary/aromatic N) is 3. The summed E-state index contributed by atoms with van der Waals surface area (Å²) >= 11 is 12.0. The third kappa shape index (κ3) is 4.07. The number of carbonyl (C=O) groups excluding carboxylic acids is 1. The summed E-state index contributed by atoms with van der Waals surface area (Å²) in [6, 6.07) is 15.9. The Kier molecular flexibility index (Phi) is 5.16. The molecule has 0 saturated carbocycles. The van der Waals surface area contributed by atoms with E-state index in [-0.39, 0.29) is 17.5 Å². The Morgan fingerprint density at radius 1 is 1.08 bits per heavy atom. The highest BCUT2D eigenvalue weighted by Crippen LogP contribution is 2.27. The molecule has 0 bridgehead atoms. The fourth-order valence-corrected chi connectivity index (χ4v) is 2.65. The second-order valence-corrected chi connectivity index (χ2v) is 6.06. The summed E-state index contributed by atoms with van der Waals surface area (Å²) in [5.41, 5.74) is 1.65. The monoisotopic (exact) mass is 372 g/mol. The van der Waals surface area contributed by atoms with Gasteiger partial charge in [0, 0.05) is 24.0 Å². The quantitative estimate of drug-likeness (QED) is 0.714. The minimum Gasteiger partial charge on any atom is -0.323 e. The van der Waals surface area contributed by atoms with Crippen LogP contribution in [-0.2, 0) is 0 Å². The average molecular weight is 373 g/mol. The van der Waals surface area contributed by atoms with Gasteiger partial charge in [-0.2, -0.15) is 0 Å². The second-order valence-electron chi connectivity index (χ2n) is 5.21. The molecule has 3 aromatic rings. The first-order valence-electron chi connectivity index (χ1n) is 7.43. The van der Waals surface area contributed by atoms with Crippen molar-refractivity contribution in [3.63, 3.8) is 0 Å². The van der Waals surface area contributed by atoms with Crippen molar-refractivity contribution >= 4 is 46.4 Å². The molecule has 0 fully saturated rings. The van der Waals surface area contributed by atoms with Crippen LogP contribution in [0.5, 0.6) is 0 Å². The van der Waals surface area contributed by atoms with Gasteiger partial charge in [-0.1, -0.05) is 41.4 Å². The van der Waals surface area contributed by atoms with E-state index in [4.69, 9.17) is 23.2 Å². The molecule has 5 nitrogen and oxygen atoms in total. The van der Waals surface area contributed by atoms with Crippen molar-refractivity contribution in [3.05, 3.63) is 76.5 Å². The number of hydrogen-bond donors (Lipinski definition) is 1. The van der Waals surface area contributed by atoms with Gasteiger partial charge in [0.2, 0.25) is 5.95 Å². The summed E-state index contributed by atoms with van der Waals surface area (Å²) in [5, 5.41) is 3.96. The molecule has 25 heavy (non-hydrogen) atoms. The lowest BCUT2D eigenvalue weighted by molar-refractivity contribution is 0.0988. The van der Waals surface area contributed by atoms with Crippen molar-refractivity contribution < 1.29 is 4.79 Å². The molecule has 3 rings (SSSR count). The van der Waals surface area contributed by atoms with E-state index in [1.807, 2.05) is 30.3 Å². The first-order chi connectivity index (χ1) is 12.0. The van der Waals surface area contributed by atoms with Crippen LogP contribution < -0.4 is 10.2 Å². The predicted octanol–water partition coefficient (Wildman–Crippen LogP) is 4.80. The molecule has 0 aliphatic carbocycles. The van der Waals surface area contributed by atoms with E-state index in [0.29, 0.717) is 15.7 Å². The fraction of sp³-hybridized carbons (Fsp3) is 0.0556. The highest BCUT2D eigenvalue weighted by Gasteiger charge is 2.15. The lowest BCUT2D eigenvalue weighted by Crippen LogP contribution is -2.27. The molecule has 0 aliphatic rings. The van der Waals surface area contributed by atoms with Gasteiger partial charge in [-0.25, -0.2) is 9.97 Å². The van der Waals surface area contributed by atoms with E-state index in [1.165, 1.54) is 11.1 Å². The number of rotatable bonds is 4. The van der Waals surface area contributed by atoms with Crippen LogP contribution in [0.15, 0.2) is 60.8 Å². The highest BCUT2D eigenvalue weighted by molar-refractivity contribution is 6.36. The molecular weight excluding hydrogens is 359 g/mol. The molecule has 1 aromatic heterocycles. The van der Waals surface area contributed by atoms with Crippen LogP contribution in [0.1, 0.15) is 10.5 Å². The molecule has 0 atom stereocenters. The zero-order valence-corrected chi connectivity index (χ0v) is 14.8. The highest BCUT2D eigenvalue weighted by atomic mass is 35.5. The van der Waals surface area contributed by atoms with Crippen LogP contribution in [0, 0.1) is 0 Å². The van der Waals surface area contributed by atoms with Crippen molar-refractivity contribution in [2.75, 3.05) is 17.3 Å². The SMILES string of the molecule is CN(C(=O)c1ccnc(Nc2ccc(Cl)cc2Cl)n1)c1ccccc1. The van der Waals surface area contributed by atoms with Gasteiger partial charge >= 0.3 is 0 Å². The summed E-state index contributed by atoms with van der Waals surface area (Å²) in [6.45, 7) is 0. The molecule has 126 valence electrons. The first-order valence-corrected chi connectivity index (χ1v) is 8.18. The van der Waals surface area contributed by atoms with Gasteiger partial charge in [0.15, 0.2) is 0 Å². The number of amides is 1. The van der Waals surface area contributed by atoms with Gasteiger partial charge in [-0.3, -0.25) is 4.79 Å². The maximum Gasteiger partial charge on any atom is 0.276 e. The molecule has 1 N–H and O–H groups in total. The normalized spacial score (nSPS) is 10.4. The summed E-state index contributed by atoms with van der Waals surface area (Å²) in [5.74, 6) is 0.0374. The standard InChI is InChI=1S/C18H14Cl2N4O/c1-24(13-5-3-2-4-6-13)17(25)16-9-10-21-18(23-16)22-15-8-7-12(19)11-14(15)20/h2-11H,1H3,(H,21,22,23). The van der Waals surface area contributed by atoms with Crippen molar-refractivity contribution in [1.82, 2.24) is 9.97 Å². The summed E-state index contributed by atoms with van der Waals surface area (Å²) in [6.07, 6.45) is 1.52. The third-order valence-electron chi connectivity index (χ3n) is 3.50. The molecule has 0 radical (unpaired) electrons. The van der Waals surface area contributed by atoms with Gasteiger partial charge in [0.1, 0.15) is 5.69 Å². The molecule has 0 saturated heterocycles. The van der Waals surface area contributed by atoms with Crippen molar-refractivity contribution in [2.24, 2.45) is 0 Å². The van der Waals surface area contributed by atoms with Crippen molar-refractivity contribution in [1.29, 1.82) is 0 Å². The number of nitrogens with one attached hydrogen (secondary N) is 1. The molecule has 0 unspecified atom stereocenters. The number of hydrogen-bond acceptors (Lipinski definition) is 4. The Balaban J connectivity index is 1.82. The molecular formula is C18H14Cl2N4O. The molecule has 0 aliphatic heterocycles. The van der Waals surface area contributed by atoms with Gasteiger partial charge < -0.3 is 10.2 Å². The van der Waals surface area contributed by atoms with Gasteiger partial charge in [0.25, 0.3) is 5.91 Å². The Bertz CT molecular complexity index is 903. The van der Waals surface area contributed by atoms with Gasteiger partial charge in [-0.15, -0.1) is 0 Å². The van der Waals surface area contributed by atoms with Crippen molar-refractivity contribution in [3.8, 4) is 0 Å². The topological polar surface area (TPSA) is 58.1 Å². The maximum atomic E-state index is 12.6. The second kappa shape index (κ2) is 7.51. The van der Waals surface area contributed by atoms with Crippen molar-refractivity contribution in [2.45, 2.75) is 0 Å². The third-order valence-corrected chi connectivity index (χ3v) is 4.05. The maximum absolute atomic E-state index is 12.6. The summed E-state index contributed by atoms with van der Waals surface area (Å²) < 4.78 is 0. The minimum atomic E-state index is -0.237. The lowest BCUT2D eigenvalue weighted by Gasteiger charge is -2.17. The smallest absolute Gasteiger partial charge is 0.276 e. The molecule has 1 amide bonds. The van der Waals surface area contributed by atoms with E-state index < -0.39 is 0 Å². The van der Waals surface area contributed by atoms with Gasteiger partial charge in [-0.05, 0) is 36.4 Å². The number of halogens is 2. The Morgan fingerprint density at radius 3 is 2.56 bits per heavy atom. The zero-order valence-electron chi connectivity index (χ0n) is 13.3. The minimum absolute atomic E-state index is 0.237. The zero-order chi connectivity index (χ0) is 17.8. The number of anilines is 3.